The van der Waals surface area contributed by atoms with Crippen LogP contribution in [0.15, 0.2) is 35.4 Å². The van der Waals surface area contributed by atoms with E-state index in [9.17, 15) is 4.79 Å². The van der Waals surface area contributed by atoms with Gasteiger partial charge in [0.25, 0.3) is 0 Å². The zero-order valence-electron chi connectivity index (χ0n) is 15.7. The van der Waals surface area contributed by atoms with E-state index in [4.69, 9.17) is 0 Å². The average molecular weight is 398 g/mol. The lowest BCUT2D eigenvalue weighted by atomic mass is 9.97. The SMILES string of the molecule is Cc1nc(SCC(=O)N(C)Cc2ccccc2)c2c3c(sc2n1)CCCC3. The number of rotatable bonds is 5. The minimum absolute atomic E-state index is 0.123. The van der Waals surface area contributed by atoms with Crippen molar-refractivity contribution in [2.24, 2.45) is 0 Å². The summed E-state index contributed by atoms with van der Waals surface area (Å²) in [5, 5.41) is 2.17. The summed E-state index contributed by atoms with van der Waals surface area (Å²) in [6.07, 6.45) is 4.75. The van der Waals surface area contributed by atoms with E-state index in [0.717, 1.165) is 34.1 Å². The second-order valence-corrected chi connectivity index (χ2v) is 9.04. The Balaban J connectivity index is 1.51. The second kappa shape index (κ2) is 7.98. The molecule has 0 N–H and O–H groups in total. The van der Waals surface area contributed by atoms with Gasteiger partial charge in [-0.15, -0.1) is 11.3 Å². The van der Waals surface area contributed by atoms with Crippen LogP contribution < -0.4 is 0 Å². The number of amides is 1. The molecule has 27 heavy (non-hydrogen) atoms. The standard InChI is InChI=1S/C21H23N3OS2/c1-14-22-20(19-16-10-6-7-11-17(16)27-21(19)23-14)26-13-18(25)24(2)12-15-8-4-3-5-9-15/h3-5,8-9H,6-7,10-13H2,1-2H3. The molecule has 0 radical (unpaired) electrons. The first kappa shape index (κ1) is 18.4. The highest BCUT2D eigenvalue weighted by Gasteiger charge is 2.21. The Hall–Kier alpha value is -1.92. The largest absolute Gasteiger partial charge is 0.341 e. The van der Waals surface area contributed by atoms with E-state index in [-0.39, 0.29) is 5.91 Å². The minimum atomic E-state index is 0.123. The summed E-state index contributed by atoms with van der Waals surface area (Å²) >= 11 is 3.36. The van der Waals surface area contributed by atoms with Crippen LogP contribution in [0.2, 0.25) is 0 Å². The van der Waals surface area contributed by atoms with E-state index < -0.39 is 0 Å². The molecule has 0 spiro atoms. The lowest BCUT2D eigenvalue weighted by Gasteiger charge is -2.17. The summed E-state index contributed by atoms with van der Waals surface area (Å²) in [6.45, 7) is 2.57. The molecule has 0 aliphatic heterocycles. The van der Waals surface area contributed by atoms with Crippen molar-refractivity contribution in [1.82, 2.24) is 14.9 Å². The van der Waals surface area contributed by atoms with Gasteiger partial charge in [0.1, 0.15) is 15.7 Å². The molecule has 1 aliphatic rings. The van der Waals surface area contributed by atoms with E-state index >= 15 is 0 Å². The third-order valence-corrected chi connectivity index (χ3v) is 7.06. The van der Waals surface area contributed by atoms with Gasteiger partial charge in [-0.2, -0.15) is 0 Å². The van der Waals surface area contributed by atoms with Gasteiger partial charge in [-0.1, -0.05) is 42.1 Å². The van der Waals surface area contributed by atoms with Crippen molar-refractivity contribution in [3.05, 3.63) is 52.2 Å². The number of carbonyl (C=O) groups excluding carboxylic acids is 1. The van der Waals surface area contributed by atoms with Gasteiger partial charge in [-0.3, -0.25) is 4.79 Å². The molecule has 1 amide bonds. The molecule has 0 saturated carbocycles. The number of nitrogens with zero attached hydrogens (tertiary/aromatic N) is 3. The van der Waals surface area contributed by atoms with Crippen LogP contribution in [0.25, 0.3) is 10.2 Å². The molecule has 0 fully saturated rings. The number of carbonyl (C=O) groups is 1. The fourth-order valence-corrected chi connectivity index (χ4v) is 5.93. The van der Waals surface area contributed by atoms with Gasteiger partial charge < -0.3 is 4.90 Å². The van der Waals surface area contributed by atoms with E-state index in [0.29, 0.717) is 12.3 Å². The van der Waals surface area contributed by atoms with E-state index in [1.165, 1.54) is 28.7 Å². The maximum Gasteiger partial charge on any atom is 0.233 e. The molecular formula is C21H23N3OS2. The highest BCUT2D eigenvalue weighted by Crippen LogP contribution is 2.39. The van der Waals surface area contributed by atoms with Crippen molar-refractivity contribution in [2.45, 2.75) is 44.2 Å². The van der Waals surface area contributed by atoms with Gasteiger partial charge in [0.2, 0.25) is 5.91 Å². The van der Waals surface area contributed by atoms with Gasteiger partial charge in [0.15, 0.2) is 0 Å². The van der Waals surface area contributed by atoms with Crippen LogP contribution in [-0.4, -0.2) is 33.6 Å². The van der Waals surface area contributed by atoms with Gasteiger partial charge in [-0.25, -0.2) is 9.97 Å². The molecule has 0 unspecified atom stereocenters. The minimum Gasteiger partial charge on any atom is -0.341 e. The Kier molecular flexibility index (Phi) is 5.45. The van der Waals surface area contributed by atoms with Gasteiger partial charge in [0, 0.05) is 23.9 Å². The number of thioether (sulfide) groups is 1. The van der Waals surface area contributed by atoms with Gasteiger partial charge in [0.05, 0.1) is 5.75 Å². The molecule has 0 saturated heterocycles. The third kappa shape index (κ3) is 4.01. The molecular weight excluding hydrogens is 374 g/mol. The maximum atomic E-state index is 12.6. The first-order valence-electron chi connectivity index (χ1n) is 9.31. The molecule has 4 rings (SSSR count). The first-order chi connectivity index (χ1) is 13.1. The molecule has 0 atom stereocenters. The number of aryl methyl sites for hydroxylation is 3. The third-order valence-electron chi connectivity index (χ3n) is 4.91. The predicted molar refractivity (Wildman–Crippen MR) is 112 cm³/mol. The number of aromatic nitrogens is 2. The van der Waals surface area contributed by atoms with Crippen LogP contribution in [0.3, 0.4) is 0 Å². The number of thiophene rings is 1. The zero-order valence-corrected chi connectivity index (χ0v) is 17.3. The average Bonchev–Trinajstić information content (AvgIpc) is 3.04. The molecule has 2 heterocycles. The number of hydrogen-bond acceptors (Lipinski definition) is 5. The summed E-state index contributed by atoms with van der Waals surface area (Å²) < 4.78 is 0. The van der Waals surface area contributed by atoms with Gasteiger partial charge in [-0.05, 0) is 43.7 Å². The van der Waals surface area contributed by atoms with Crippen molar-refractivity contribution in [3.63, 3.8) is 0 Å². The van der Waals surface area contributed by atoms with Crippen molar-refractivity contribution >= 4 is 39.2 Å². The van der Waals surface area contributed by atoms with Crippen molar-refractivity contribution in [2.75, 3.05) is 12.8 Å². The molecule has 1 aliphatic carbocycles. The highest BCUT2D eigenvalue weighted by molar-refractivity contribution is 8.00. The summed E-state index contributed by atoms with van der Waals surface area (Å²) in [5.74, 6) is 1.31. The molecule has 1 aromatic carbocycles. The van der Waals surface area contributed by atoms with Gasteiger partial charge >= 0.3 is 0 Å². The molecule has 3 aromatic rings. The van der Waals surface area contributed by atoms with Crippen LogP contribution >= 0.6 is 23.1 Å². The predicted octanol–water partition coefficient (Wildman–Crippen LogP) is 4.63. The Labute approximate surface area is 168 Å². The lowest BCUT2D eigenvalue weighted by Crippen LogP contribution is -2.27. The van der Waals surface area contributed by atoms with Crippen LogP contribution in [0, 0.1) is 6.92 Å². The smallest absolute Gasteiger partial charge is 0.233 e. The second-order valence-electron chi connectivity index (χ2n) is 6.99. The van der Waals surface area contributed by atoms with Crippen LogP contribution in [-0.2, 0) is 24.2 Å². The Morgan fingerprint density at radius 1 is 1.19 bits per heavy atom. The normalized spacial score (nSPS) is 13.6. The van der Waals surface area contributed by atoms with Crippen molar-refractivity contribution in [3.8, 4) is 0 Å². The molecule has 6 heteroatoms. The lowest BCUT2D eigenvalue weighted by molar-refractivity contribution is -0.127. The summed E-state index contributed by atoms with van der Waals surface area (Å²) in [6, 6.07) is 10.1. The molecule has 0 bridgehead atoms. The highest BCUT2D eigenvalue weighted by atomic mass is 32.2. The van der Waals surface area contributed by atoms with E-state index in [2.05, 4.69) is 9.97 Å². The van der Waals surface area contributed by atoms with Crippen molar-refractivity contribution < 1.29 is 4.79 Å². The molecule has 4 nitrogen and oxygen atoms in total. The quantitative estimate of drug-likeness (QED) is 0.465. The molecule has 2 aromatic heterocycles. The monoisotopic (exact) mass is 397 g/mol. The fraction of sp³-hybridized carbons (Fsp3) is 0.381. The zero-order chi connectivity index (χ0) is 18.8. The van der Waals surface area contributed by atoms with Crippen LogP contribution in [0.5, 0.6) is 0 Å². The van der Waals surface area contributed by atoms with Crippen molar-refractivity contribution in [1.29, 1.82) is 0 Å². The number of benzene rings is 1. The summed E-state index contributed by atoms with van der Waals surface area (Å²) in [7, 11) is 1.86. The van der Waals surface area contributed by atoms with E-state index in [1.54, 1.807) is 16.7 Å². The van der Waals surface area contributed by atoms with Crippen LogP contribution in [0.4, 0.5) is 0 Å². The van der Waals surface area contributed by atoms with E-state index in [1.807, 2.05) is 55.6 Å². The maximum absolute atomic E-state index is 12.6. The number of fused-ring (bicyclic) bond motifs is 3. The number of hydrogen-bond donors (Lipinski definition) is 0. The Bertz CT molecular complexity index is 968. The fourth-order valence-electron chi connectivity index (χ4n) is 3.52. The first-order valence-corrected chi connectivity index (χ1v) is 11.1. The summed E-state index contributed by atoms with van der Waals surface area (Å²) in [5.41, 5.74) is 2.57. The summed E-state index contributed by atoms with van der Waals surface area (Å²) in [4.78, 5) is 26.3. The molecule has 140 valence electrons. The topological polar surface area (TPSA) is 46.1 Å². The Morgan fingerprint density at radius 2 is 1.96 bits per heavy atom. The van der Waals surface area contributed by atoms with Crippen LogP contribution in [0.1, 0.15) is 34.7 Å². The Morgan fingerprint density at radius 3 is 2.78 bits per heavy atom.